The van der Waals surface area contributed by atoms with E-state index < -0.39 is 0 Å². The van der Waals surface area contributed by atoms with E-state index in [0.717, 1.165) is 21.9 Å². The highest BCUT2D eigenvalue weighted by atomic mass is 32.1. The van der Waals surface area contributed by atoms with Crippen LogP contribution in [0.5, 0.6) is 5.75 Å². The van der Waals surface area contributed by atoms with Crippen molar-refractivity contribution in [3.8, 4) is 5.75 Å². The largest absolute Gasteiger partial charge is 0.497 e. The minimum absolute atomic E-state index is 0.103. The highest BCUT2D eigenvalue weighted by Crippen LogP contribution is 2.24. The second-order valence-corrected chi connectivity index (χ2v) is 8.07. The van der Waals surface area contributed by atoms with Gasteiger partial charge in [0.05, 0.1) is 19.2 Å². The summed E-state index contributed by atoms with van der Waals surface area (Å²) in [6.07, 6.45) is 4.99. The van der Waals surface area contributed by atoms with Gasteiger partial charge in [0.1, 0.15) is 5.75 Å². The molecule has 7 nitrogen and oxygen atoms in total. The molecule has 2 amide bonds. The summed E-state index contributed by atoms with van der Waals surface area (Å²) < 4.78 is 5.16. The zero-order valence-electron chi connectivity index (χ0n) is 16.6. The fourth-order valence-electron chi connectivity index (χ4n) is 3.36. The first-order valence-electron chi connectivity index (χ1n) is 9.73. The quantitative estimate of drug-likeness (QED) is 0.683. The predicted molar refractivity (Wildman–Crippen MR) is 115 cm³/mol. The molecule has 3 aromatic rings. The molecule has 154 valence electrons. The van der Waals surface area contributed by atoms with E-state index in [1.807, 2.05) is 29.2 Å². The third kappa shape index (κ3) is 4.65. The first-order chi connectivity index (χ1) is 14.6. The summed E-state index contributed by atoms with van der Waals surface area (Å²) in [5, 5.41) is 3.29. The molecule has 0 aliphatic carbocycles. The molecule has 0 radical (unpaired) electrons. The Hall–Kier alpha value is -3.26. The topological polar surface area (TPSA) is 84.4 Å². The number of carbonyl (C=O) groups excluding carboxylic acids is 2. The normalized spacial score (nSPS) is 13.3. The number of hydrogen-bond acceptors (Lipinski definition) is 6. The molecular formula is C22H22N4O3S. The predicted octanol–water partition coefficient (Wildman–Crippen LogP) is 2.97. The van der Waals surface area contributed by atoms with Crippen LogP contribution in [0.2, 0.25) is 0 Å². The van der Waals surface area contributed by atoms with E-state index in [1.165, 1.54) is 11.3 Å². The van der Waals surface area contributed by atoms with Gasteiger partial charge in [-0.05, 0) is 29.8 Å². The van der Waals surface area contributed by atoms with E-state index in [2.05, 4.69) is 15.3 Å². The highest BCUT2D eigenvalue weighted by molar-refractivity contribution is 7.13. The maximum atomic E-state index is 12.7. The maximum absolute atomic E-state index is 12.7. The Balaban J connectivity index is 1.36. The summed E-state index contributed by atoms with van der Waals surface area (Å²) in [5.41, 5.74) is 2.57. The van der Waals surface area contributed by atoms with E-state index in [1.54, 1.807) is 31.6 Å². The van der Waals surface area contributed by atoms with Gasteiger partial charge in [0.2, 0.25) is 5.91 Å². The molecule has 1 aromatic carbocycles. The number of ether oxygens (including phenoxy) is 1. The summed E-state index contributed by atoms with van der Waals surface area (Å²) in [7, 11) is 1.62. The molecule has 8 heteroatoms. The van der Waals surface area contributed by atoms with Crippen LogP contribution in [-0.4, -0.2) is 46.9 Å². The van der Waals surface area contributed by atoms with Gasteiger partial charge in [0.25, 0.3) is 5.91 Å². The number of aromatic nitrogens is 2. The standard InChI is InChI=1S/C22H22N4O3S/c1-29-17-4-2-15(3-5-17)14-20(27)26-12-8-18-19(9-13-26)30-22(25-18)21(28)24-16-6-10-23-11-7-16/h2-7,10-11H,8-9,12-14H2,1H3,(H,23,24,28). The molecule has 1 aliphatic rings. The number of benzene rings is 1. The molecule has 0 fully saturated rings. The summed E-state index contributed by atoms with van der Waals surface area (Å²) in [6, 6.07) is 11.0. The van der Waals surface area contributed by atoms with Crippen molar-refractivity contribution in [2.75, 3.05) is 25.5 Å². The van der Waals surface area contributed by atoms with Crippen LogP contribution in [0.1, 0.15) is 25.9 Å². The molecule has 4 rings (SSSR count). The summed E-state index contributed by atoms with van der Waals surface area (Å²) in [4.78, 5) is 36.7. The second-order valence-electron chi connectivity index (χ2n) is 6.98. The molecule has 1 aliphatic heterocycles. The Kier molecular flexibility index (Phi) is 6.04. The van der Waals surface area contributed by atoms with Crippen LogP contribution in [-0.2, 0) is 24.1 Å². The molecular weight excluding hydrogens is 400 g/mol. The van der Waals surface area contributed by atoms with E-state index >= 15 is 0 Å². The molecule has 0 saturated heterocycles. The summed E-state index contributed by atoms with van der Waals surface area (Å²) in [5.74, 6) is 0.665. The molecule has 0 bridgehead atoms. The third-order valence-electron chi connectivity index (χ3n) is 5.01. The van der Waals surface area contributed by atoms with Crippen LogP contribution in [0.15, 0.2) is 48.8 Å². The number of carbonyl (C=O) groups is 2. The fourth-order valence-corrected chi connectivity index (χ4v) is 4.35. The first-order valence-corrected chi connectivity index (χ1v) is 10.5. The number of nitrogens with one attached hydrogen (secondary N) is 1. The zero-order chi connectivity index (χ0) is 20.9. The number of pyridine rings is 1. The summed E-state index contributed by atoms with van der Waals surface area (Å²) >= 11 is 1.41. The molecule has 0 atom stereocenters. The average molecular weight is 423 g/mol. The van der Waals surface area contributed by atoms with Crippen molar-refractivity contribution in [2.45, 2.75) is 19.3 Å². The van der Waals surface area contributed by atoms with Crippen LogP contribution in [0.25, 0.3) is 0 Å². The molecule has 0 spiro atoms. The smallest absolute Gasteiger partial charge is 0.284 e. The van der Waals surface area contributed by atoms with Crippen molar-refractivity contribution >= 4 is 28.8 Å². The monoisotopic (exact) mass is 422 g/mol. The number of nitrogens with zero attached hydrogens (tertiary/aromatic N) is 3. The van der Waals surface area contributed by atoms with Gasteiger partial charge in [-0.15, -0.1) is 11.3 Å². The number of hydrogen-bond donors (Lipinski definition) is 1. The van der Waals surface area contributed by atoms with Crippen molar-refractivity contribution in [3.63, 3.8) is 0 Å². The van der Waals surface area contributed by atoms with Crippen molar-refractivity contribution in [3.05, 3.63) is 69.9 Å². The Labute approximate surface area is 178 Å². The third-order valence-corrected chi connectivity index (χ3v) is 6.16. The van der Waals surface area contributed by atoms with Gasteiger partial charge in [0, 0.05) is 48.9 Å². The molecule has 0 saturated carbocycles. The van der Waals surface area contributed by atoms with Crippen molar-refractivity contribution < 1.29 is 14.3 Å². The SMILES string of the molecule is COc1ccc(CC(=O)N2CCc3nc(C(=O)Nc4ccncc4)sc3CC2)cc1. The van der Waals surface area contributed by atoms with Gasteiger partial charge in [-0.25, -0.2) is 4.98 Å². The summed E-state index contributed by atoms with van der Waals surface area (Å²) in [6.45, 7) is 1.24. The Morgan fingerprint density at radius 1 is 1.10 bits per heavy atom. The van der Waals surface area contributed by atoms with Gasteiger partial charge in [0.15, 0.2) is 5.01 Å². The molecule has 3 heterocycles. The molecule has 0 unspecified atom stereocenters. The number of fused-ring (bicyclic) bond motifs is 1. The van der Waals surface area contributed by atoms with Crippen LogP contribution in [0, 0.1) is 0 Å². The Morgan fingerprint density at radius 2 is 1.83 bits per heavy atom. The number of methoxy groups -OCH3 is 1. The van der Waals surface area contributed by atoms with Crippen LogP contribution < -0.4 is 10.1 Å². The van der Waals surface area contributed by atoms with Gasteiger partial charge in [-0.2, -0.15) is 0 Å². The van der Waals surface area contributed by atoms with Crippen LogP contribution in [0.4, 0.5) is 5.69 Å². The lowest BCUT2D eigenvalue weighted by atomic mass is 10.1. The van der Waals surface area contributed by atoms with Crippen molar-refractivity contribution in [1.82, 2.24) is 14.9 Å². The number of amides is 2. The van der Waals surface area contributed by atoms with Crippen molar-refractivity contribution in [1.29, 1.82) is 0 Å². The van der Waals surface area contributed by atoms with Gasteiger partial charge >= 0.3 is 0 Å². The first kappa shape index (κ1) is 20.0. The Bertz CT molecular complexity index is 1010. The van der Waals surface area contributed by atoms with E-state index in [0.29, 0.717) is 43.0 Å². The molecule has 2 aromatic heterocycles. The second kappa shape index (κ2) is 9.04. The van der Waals surface area contributed by atoms with Crippen LogP contribution in [0.3, 0.4) is 0 Å². The van der Waals surface area contributed by atoms with E-state index in [9.17, 15) is 9.59 Å². The lowest BCUT2D eigenvalue weighted by Gasteiger charge is -2.20. The number of anilines is 1. The highest BCUT2D eigenvalue weighted by Gasteiger charge is 2.23. The lowest BCUT2D eigenvalue weighted by molar-refractivity contribution is -0.130. The van der Waals surface area contributed by atoms with Gasteiger partial charge in [-0.1, -0.05) is 12.1 Å². The maximum Gasteiger partial charge on any atom is 0.284 e. The van der Waals surface area contributed by atoms with E-state index in [-0.39, 0.29) is 11.8 Å². The van der Waals surface area contributed by atoms with Gasteiger partial charge in [-0.3, -0.25) is 14.6 Å². The van der Waals surface area contributed by atoms with Crippen molar-refractivity contribution in [2.24, 2.45) is 0 Å². The fraction of sp³-hybridized carbons (Fsp3) is 0.273. The average Bonchev–Trinajstić information content (AvgIpc) is 3.08. The zero-order valence-corrected chi connectivity index (χ0v) is 17.4. The number of thiazole rings is 1. The van der Waals surface area contributed by atoms with E-state index in [4.69, 9.17) is 4.74 Å². The minimum Gasteiger partial charge on any atom is -0.497 e. The van der Waals surface area contributed by atoms with Crippen LogP contribution >= 0.6 is 11.3 Å². The lowest BCUT2D eigenvalue weighted by Crippen LogP contribution is -2.34. The molecule has 1 N–H and O–H groups in total. The minimum atomic E-state index is -0.216. The van der Waals surface area contributed by atoms with Gasteiger partial charge < -0.3 is 15.0 Å². The Morgan fingerprint density at radius 3 is 2.57 bits per heavy atom. The molecule has 30 heavy (non-hydrogen) atoms. The number of rotatable bonds is 5.